The molecule has 2 heteroatoms. The Hall–Kier alpha value is -0.760. The van der Waals surface area contributed by atoms with Gasteiger partial charge in [0.05, 0.1) is 6.61 Å². The third-order valence-electron chi connectivity index (χ3n) is 3.23. The van der Waals surface area contributed by atoms with Gasteiger partial charge in [0.2, 0.25) is 0 Å². The summed E-state index contributed by atoms with van der Waals surface area (Å²) in [6.45, 7) is 13.7. The number of rotatable bonds is 6. The van der Waals surface area contributed by atoms with Crippen LogP contribution in [0, 0.1) is 26.7 Å². The highest BCUT2D eigenvalue weighted by Crippen LogP contribution is 2.14. The Morgan fingerprint density at radius 1 is 1.19 bits per heavy atom. The lowest BCUT2D eigenvalue weighted by Gasteiger charge is -2.09. The van der Waals surface area contributed by atoms with Gasteiger partial charge < -0.3 is 9.30 Å². The maximum atomic E-state index is 5.63. The number of hydrogen-bond donors (Lipinski definition) is 0. The molecule has 0 atom stereocenters. The number of ether oxygens (including phenoxy) is 1. The molecule has 0 N–H and O–H groups in total. The molecule has 1 rings (SSSR count). The Bertz CT molecular complexity index is 326. The summed E-state index contributed by atoms with van der Waals surface area (Å²) in [6.07, 6.45) is 3.37. The first-order valence-electron chi connectivity index (χ1n) is 6.23. The normalized spacial score (nSPS) is 11.4. The minimum absolute atomic E-state index is 0.734. The lowest BCUT2D eigenvalue weighted by atomic mass is 10.1. The first kappa shape index (κ1) is 13.3. The molecule has 0 radical (unpaired) electrons. The Kier molecular flexibility index (Phi) is 5.07. The van der Waals surface area contributed by atoms with Gasteiger partial charge in [-0.25, -0.2) is 0 Å². The van der Waals surface area contributed by atoms with E-state index >= 15 is 0 Å². The molecule has 1 aromatic heterocycles. The standard InChI is InChI=1S/C14H25NO/c1-11(2)6-8-16-9-7-15-10-12(3)13(4)14(15)5/h10-11H,6-9H2,1-5H3. The van der Waals surface area contributed by atoms with Crippen molar-refractivity contribution >= 4 is 0 Å². The van der Waals surface area contributed by atoms with Crippen LogP contribution in [-0.4, -0.2) is 17.8 Å². The minimum Gasteiger partial charge on any atom is -0.380 e. The van der Waals surface area contributed by atoms with Crippen LogP contribution in [0.2, 0.25) is 0 Å². The van der Waals surface area contributed by atoms with Crippen molar-refractivity contribution in [2.24, 2.45) is 5.92 Å². The van der Waals surface area contributed by atoms with E-state index in [9.17, 15) is 0 Å². The summed E-state index contributed by atoms with van der Waals surface area (Å²) in [5.41, 5.74) is 4.15. The molecule has 0 amide bonds. The van der Waals surface area contributed by atoms with Gasteiger partial charge in [-0.15, -0.1) is 0 Å². The summed E-state index contributed by atoms with van der Waals surface area (Å²) >= 11 is 0. The van der Waals surface area contributed by atoms with Gasteiger partial charge in [-0.2, -0.15) is 0 Å². The molecule has 1 aromatic rings. The van der Waals surface area contributed by atoms with Crippen LogP contribution in [-0.2, 0) is 11.3 Å². The van der Waals surface area contributed by atoms with Crippen molar-refractivity contribution in [2.45, 2.75) is 47.6 Å². The topological polar surface area (TPSA) is 14.2 Å². The summed E-state index contributed by atoms with van der Waals surface area (Å²) in [4.78, 5) is 0. The van der Waals surface area contributed by atoms with Gasteiger partial charge in [0, 0.05) is 25.0 Å². The second-order valence-corrected chi connectivity index (χ2v) is 5.01. The van der Waals surface area contributed by atoms with Crippen LogP contribution in [0.5, 0.6) is 0 Å². The molecule has 16 heavy (non-hydrogen) atoms. The van der Waals surface area contributed by atoms with Crippen molar-refractivity contribution in [3.05, 3.63) is 23.0 Å². The summed E-state index contributed by atoms with van der Waals surface area (Å²) in [7, 11) is 0. The van der Waals surface area contributed by atoms with Crippen LogP contribution in [0.4, 0.5) is 0 Å². The molecule has 0 bridgehead atoms. The largest absolute Gasteiger partial charge is 0.380 e. The molecule has 0 saturated heterocycles. The quantitative estimate of drug-likeness (QED) is 0.673. The fraction of sp³-hybridized carbons (Fsp3) is 0.714. The van der Waals surface area contributed by atoms with E-state index in [1.165, 1.54) is 16.8 Å². The summed E-state index contributed by atoms with van der Waals surface area (Å²) < 4.78 is 7.92. The molecule has 0 fully saturated rings. The van der Waals surface area contributed by atoms with Crippen LogP contribution in [0.15, 0.2) is 6.20 Å². The van der Waals surface area contributed by atoms with Gasteiger partial charge >= 0.3 is 0 Å². The van der Waals surface area contributed by atoms with Crippen LogP contribution in [0.3, 0.4) is 0 Å². The smallest absolute Gasteiger partial charge is 0.0645 e. The predicted octanol–water partition coefficient (Wildman–Crippen LogP) is 3.48. The molecule has 1 heterocycles. The van der Waals surface area contributed by atoms with E-state index in [1.807, 2.05) is 0 Å². The highest BCUT2D eigenvalue weighted by atomic mass is 16.5. The maximum Gasteiger partial charge on any atom is 0.0645 e. The molecule has 0 aliphatic carbocycles. The molecule has 2 nitrogen and oxygen atoms in total. The van der Waals surface area contributed by atoms with E-state index < -0.39 is 0 Å². The third kappa shape index (κ3) is 3.67. The van der Waals surface area contributed by atoms with Gasteiger partial charge in [-0.05, 0) is 44.2 Å². The third-order valence-corrected chi connectivity index (χ3v) is 3.23. The lowest BCUT2D eigenvalue weighted by Crippen LogP contribution is -2.08. The molecule has 92 valence electrons. The Balaban J connectivity index is 2.29. The molecule has 0 spiro atoms. The van der Waals surface area contributed by atoms with Crippen molar-refractivity contribution in [1.29, 1.82) is 0 Å². The fourth-order valence-electron chi connectivity index (χ4n) is 1.74. The van der Waals surface area contributed by atoms with Gasteiger partial charge in [-0.1, -0.05) is 13.8 Å². The second-order valence-electron chi connectivity index (χ2n) is 5.01. The lowest BCUT2D eigenvalue weighted by molar-refractivity contribution is 0.116. The molecular formula is C14H25NO. The maximum absolute atomic E-state index is 5.63. The predicted molar refractivity (Wildman–Crippen MR) is 68.9 cm³/mol. The van der Waals surface area contributed by atoms with Crippen molar-refractivity contribution in [3.63, 3.8) is 0 Å². The van der Waals surface area contributed by atoms with Gasteiger partial charge in [0.15, 0.2) is 0 Å². The summed E-state index contributed by atoms with van der Waals surface area (Å²) in [5, 5.41) is 0. The van der Waals surface area contributed by atoms with Crippen molar-refractivity contribution in [1.82, 2.24) is 4.57 Å². The van der Waals surface area contributed by atoms with Crippen LogP contribution in [0.25, 0.3) is 0 Å². The number of aryl methyl sites for hydroxylation is 1. The summed E-state index contributed by atoms with van der Waals surface area (Å²) in [6, 6.07) is 0. The molecular weight excluding hydrogens is 198 g/mol. The molecule has 0 aromatic carbocycles. The first-order valence-corrected chi connectivity index (χ1v) is 6.23. The summed E-state index contributed by atoms with van der Waals surface area (Å²) in [5.74, 6) is 0.734. The van der Waals surface area contributed by atoms with Crippen LogP contribution >= 0.6 is 0 Å². The molecule has 0 unspecified atom stereocenters. The average molecular weight is 223 g/mol. The van der Waals surface area contributed by atoms with Gasteiger partial charge in [0.1, 0.15) is 0 Å². The fourth-order valence-corrected chi connectivity index (χ4v) is 1.74. The van der Waals surface area contributed by atoms with Crippen molar-refractivity contribution in [3.8, 4) is 0 Å². The molecule has 0 aliphatic rings. The van der Waals surface area contributed by atoms with E-state index in [4.69, 9.17) is 4.74 Å². The Morgan fingerprint density at radius 2 is 1.88 bits per heavy atom. The van der Waals surface area contributed by atoms with Crippen molar-refractivity contribution in [2.75, 3.05) is 13.2 Å². The van der Waals surface area contributed by atoms with E-state index in [2.05, 4.69) is 45.4 Å². The van der Waals surface area contributed by atoms with Gasteiger partial charge in [0.25, 0.3) is 0 Å². The van der Waals surface area contributed by atoms with Crippen molar-refractivity contribution < 1.29 is 4.74 Å². The SMILES string of the molecule is Cc1cn(CCOCCC(C)C)c(C)c1C. The van der Waals surface area contributed by atoms with E-state index in [0.717, 1.165) is 32.1 Å². The monoisotopic (exact) mass is 223 g/mol. The zero-order valence-electron chi connectivity index (χ0n) is 11.3. The zero-order valence-corrected chi connectivity index (χ0v) is 11.3. The van der Waals surface area contributed by atoms with E-state index in [1.54, 1.807) is 0 Å². The highest BCUT2D eigenvalue weighted by Gasteiger charge is 2.04. The van der Waals surface area contributed by atoms with Crippen LogP contribution in [0.1, 0.15) is 37.1 Å². The number of nitrogens with zero attached hydrogens (tertiary/aromatic N) is 1. The Morgan fingerprint density at radius 3 is 2.38 bits per heavy atom. The number of hydrogen-bond acceptors (Lipinski definition) is 1. The Labute approximate surface area is 99.6 Å². The van der Waals surface area contributed by atoms with E-state index in [0.29, 0.717) is 0 Å². The zero-order chi connectivity index (χ0) is 12.1. The van der Waals surface area contributed by atoms with E-state index in [-0.39, 0.29) is 0 Å². The second kappa shape index (κ2) is 6.09. The number of aromatic nitrogens is 1. The highest BCUT2D eigenvalue weighted by molar-refractivity contribution is 5.28. The first-order chi connectivity index (χ1) is 7.52. The minimum atomic E-state index is 0.734. The molecule has 0 saturated carbocycles. The van der Waals surface area contributed by atoms with Crippen LogP contribution < -0.4 is 0 Å². The average Bonchev–Trinajstić information content (AvgIpc) is 2.45. The van der Waals surface area contributed by atoms with Gasteiger partial charge in [-0.3, -0.25) is 0 Å². The molecule has 0 aliphatic heterocycles.